The molecule has 108 valence electrons. The Kier molecular flexibility index (Phi) is 3.70. The zero-order valence-corrected chi connectivity index (χ0v) is 12.7. The third kappa shape index (κ3) is 2.28. The molecule has 1 amide bonds. The normalized spacial score (nSPS) is 16.5. The molecule has 1 unspecified atom stereocenters. The first-order valence-corrected chi connectivity index (χ1v) is 7.26. The molecule has 1 aliphatic heterocycles. The summed E-state index contributed by atoms with van der Waals surface area (Å²) in [6, 6.07) is 16.1. The summed E-state index contributed by atoms with van der Waals surface area (Å²) < 4.78 is 0. The van der Waals surface area contributed by atoms with Crippen LogP contribution in [0.3, 0.4) is 0 Å². The Hall–Kier alpha value is -2.57. The second-order valence-electron chi connectivity index (χ2n) is 5.10. The Morgan fingerprint density at radius 3 is 2.59 bits per heavy atom. The van der Waals surface area contributed by atoms with Crippen molar-refractivity contribution in [2.75, 3.05) is 0 Å². The average molecular weight is 309 g/mol. The van der Waals surface area contributed by atoms with Crippen LogP contribution < -0.4 is 0 Å². The molecule has 0 aliphatic carbocycles. The second kappa shape index (κ2) is 5.67. The Morgan fingerprint density at radius 1 is 1.18 bits per heavy atom. The van der Waals surface area contributed by atoms with Gasteiger partial charge in [0.05, 0.1) is 16.7 Å². The van der Waals surface area contributed by atoms with E-state index in [0.29, 0.717) is 10.6 Å². The van der Waals surface area contributed by atoms with E-state index in [1.165, 1.54) is 4.90 Å². The molecule has 2 aromatic carbocycles. The third-order valence-corrected chi connectivity index (χ3v) is 4.07. The van der Waals surface area contributed by atoms with Gasteiger partial charge in [-0.3, -0.25) is 9.69 Å². The lowest BCUT2D eigenvalue weighted by molar-refractivity contribution is 0.0775. The third-order valence-electron chi connectivity index (χ3n) is 3.74. The van der Waals surface area contributed by atoms with Crippen LogP contribution in [0, 0.1) is 11.3 Å². The number of fused-ring (bicyclic) bond motifs is 1. The van der Waals surface area contributed by atoms with Crippen molar-refractivity contribution in [1.29, 1.82) is 5.26 Å². The molecule has 0 N–H and O–H groups in total. The first kappa shape index (κ1) is 14.4. The van der Waals surface area contributed by atoms with Gasteiger partial charge in [-0.2, -0.15) is 5.26 Å². The number of nitriles is 1. The highest BCUT2D eigenvalue weighted by molar-refractivity contribution is 6.33. The van der Waals surface area contributed by atoms with Crippen molar-refractivity contribution in [2.45, 2.75) is 13.0 Å². The largest absolute Gasteiger partial charge is 0.292 e. The SMILES string of the molecule is CC1=Cc2ccccc2C(C#N)N1C(=O)c1ccccc1Cl. The van der Waals surface area contributed by atoms with Crippen LogP contribution in [0.2, 0.25) is 5.02 Å². The molecule has 2 aromatic rings. The molecule has 3 rings (SSSR count). The first-order valence-electron chi connectivity index (χ1n) is 6.88. The summed E-state index contributed by atoms with van der Waals surface area (Å²) in [6.07, 6.45) is 1.91. The zero-order valence-electron chi connectivity index (χ0n) is 12.0. The molecule has 3 nitrogen and oxygen atoms in total. The molecule has 1 heterocycles. The van der Waals surface area contributed by atoms with E-state index in [9.17, 15) is 10.1 Å². The number of nitrogens with zero attached hydrogens (tertiary/aromatic N) is 2. The predicted molar refractivity (Wildman–Crippen MR) is 86.1 cm³/mol. The average Bonchev–Trinajstić information content (AvgIpc) is 2.53. The van der Waals surface area contributed by atoms with Gasteiger partial charge in [0.2, 0.25) is 0 Å². The molecule has 0 bridgehead atoms. The van der Waals surface area contributed by atoms with Crippen LogP contribution in [0.4, 0.5) is 0 Å². The predicted octanol–water partition coefficient (Wildman–Crippen LogP) is 4.42. The Labute approximate surface area is 134 Å². The minimum absolute atomic E-state index is 0.264. The van der Waals surface area contributed by atoms with Gasteiger partial charge < -0.3 is 0 Å². The molecule has 0 aromatic heterocycles. The maximum absolute atomic E-state index is 12.9. The molecule has 22 heavy (non-hydrogen) atoms. The fourth-order valence-electron chi connectivity index (χ4n) is 2.70. The summed E-state index contributed by atoms with van der Waals surface area (Å²) in [5.41, 5.74) is 2.93. The second-order valence-corrected chi connectivity index (χ2v) is 5.51. The summed E-state index contributed by atoms with van der Waals surface area (Å²) in [5.74, 6) is -0.264. The van der Waals surface area contributed by atoms with E-state index in [-0.39, 0.29) is 5.91 Å². The molecule has 0 saturated carbocycles. The van der Waals surface area contributed by atoms with Crippen LogP contribution in [0.5, 0.6) is 0 Å². The maximum Gasteiger partial charge on any atom is 0.260 e. The quantitative estimate of drug-likeness (QED) is 0.782. The summed E-state index contributed by atoms with van der Waals surface area (Å²) >= 11 is 6.13. The lowest BCUT2D eigenvalue weighted by Gasteiger charge is -2.33. The fourth-order valence-corrected chi connectivity index (χ4v) is 2.91. The van der Waals surface area contributed by atoms with Crippen molar-refractivity contribution in [3.63, 3.8) is 0 Å². The van der Waals surface area contributed by atoms with Crippen molar-refractivity contribution in [3.05, 3.63) is 75.9 Å². The van der Waals surface area contributed by atoms with E-state index < -0.39 is 6.04 Å². The highest BCUT2D eigenvalue weighted by Crippen LogP contribution is 2.35. The number of benzene rings is 2. The zero-order chi connectivity index (χ0) is 15.7. The van der Waals surface area contributed by atoms with Crippen LogP contribution in [-0.4, -0.2) is 10.8 Å². The van der Waals surface area contributed by atoms with Crippen molar-refractivity contribution in [1.82, 2.24) is 4.90 Å². The molecular weight excluding hydrogens is 296 g/mol. The van der Waals surface area contributed by atoms with E-state index in [0.717, 1.165) is 16.8 Å². The summed E-state index contributed by atoms with van der Waals surface area (Å²) in [4.78, 5) is 14.4. The van der Waals surface area contributed by atoms with Crippen LogP contribution >= 0.6 is 11.6 Å². The van der Waals surface area contributed by atoms with Crippen LogP contribution in [0.1, 0.15) is 34.5 Å². The minimum atomic E-state index is -0.648. The molecule has 0 saturated heterocycles. The molecule has 0 spiro atoms. The molecule has 0 fully saturated rings. The molecular formula is C18H13ClN2O. The topological polar surface area (TPSA) is 44.1 Å². The molecule has 1 atom stereocenters. The van der Waals surface area contributed by atoms with Crippen LogP contribution in [0.15, 0.2) is 54.2 Å². The first-order chi connectivity index (χ1) is 10.6. The highest BCUT2D eigenvalue weighted by atomic mass is 35.5. The van der Waals surface area contributed by atoms with Gasteiger partial charge >= 0.3 is 0 Å². The Morgan fingerprint density at radius 2 is 1.86 bits per heavy atom. The standard InChI is InChI=1S/C18H13ClN2O/c1-12-10-13-6-2-3-7-14(13)17(11-20)21(12)18(22)15-8-4-5-9-16(15)19/h2-10,17H,1H3. The van der Waals surface area contributed by atoms with E-state index >= 15 is 0 Å². The van der Waals surface area contributed by atoms with Gasteiger partial charge in [-0.1, -0.05) is 48.0 Å². The van der Waals surface area contributed by atoms with E-state index in [1.54, 1.807) is 24.3 Å². The molecule has 1 aliphatic rings. The van der Waals surface area contributed by atoms with Gasteiger partial charge in [0.15, 0.2) is 0 Å². The number of halogens is 1. The van der Waals surface area contributed by atoms with Crippen molar-refractivity contribution in [3.8, 4) is 6.07 Å². The maximum atomic E-state index is 12.9. The highest BCUT2D eigenvalue weighted by Gasteiger charge is 2.32. The van der Waals surface area contributed by atoms with Gasteiger partial charge in [0.1, 0.15) is 6.04 Å². The number of amides is 1. The summed E-state index contributed by atoms with van der Waals surface area (Å²) in [6.45, 7) is 1.83. The van der Waals surface area contributed by atoms with Gasteiger partial charge in [0.25, 0.3) is 5.91 Å². The van der Waals surface area contributed by atoms with Crippen molar-refractivity contribution in [2.24, 2.45) is 0 Å². The summed E-state index contributed by atoms with van der Waals surface area (Å²) in [5, 5.41) is 9.97. The fraction of sp³-hybridized carbons (Fsp3) is 0.111. The van der Waals surface area contributed by atoms with Crippen LogP contribution in [0.25, 0.3) is 6.08 Å². The number of rotatable bonds is 1. The van der Waals surface area contributed by atoms with Gasteiger partial charge in [-0.25, -0.2) is 0 Å². The summed E-state index contributed by atoms with van der Waals surface area (Å²) in [7, 11) is 0. The monoisotopic (exact) mass is 308 g/mol. The molecule has 0 radical (unpaired) electrons. The van der Waals surface area contributed by atoms with E-state index in [4.69, 9.17) is 11.6 Å². The van der Waals surface area contributed by atoms with E-state index in [2.05, 4.69) is 6.07 Å². The van der Waals surface area contributed by atoms with Crippen molar-refractivity contribution >= 4 is 23.6 Å². The van der Waals surface area contributed by atoms with Gasteiger partial charge in [0, 0.05) is 5.70 Å². The van der Waals surface area contributed by atoms with Crippen LogP contribution in [-0.2, 0) is 0 Å². The van der Waals surface area contributed by atoms with E-state index in [1.807, 2.05) is 37.3 Å². The Bertz CT molecular complexity index is 820. The lowest BCUT2D eigenvalue weighted by Crippen LogP contribution is -2.35. The number of allylic oxidation sites excluding steroid dienone is 1. The van der Waals surface area contributed by atoms with Gasteiger partial charge in [-0.05, 0) is 36.3 Å². The lowest BCUT2D eigenvalue weighted by atomic mass is 9.94. The smallest absolute Gasteiger partial charge is 0.260 e. The van der Waals surface area contributed by atoms with Gasteiger partial charge in [-0.15, -0.1) is 0 Å². The number of carbonyl (C=O) groups is 1. The number of hydrogen-bond acceptors (Lipinski definition) is 2. The van der Waals surface area contributed by atoms with Crippen molar-refractivity contribution < 1.29 is 4.79 Å². The Balaban J connectivity index is 2.10. The number of hydrogen-bond donors (Lipinski definition) is 0. The molecule has 4 heteroatoms. The number of carbonyl (C=O) groups excluding carboxylic acids is 1. The minimum Gasteiger partial charge on any atom is -0.292 e.